The van der Waals surface area contributed by atoms with Gasteiger partial charge in [0.1, 0.15) is 5.82 Å². The first-order valence-electron chi connectivity index (χ1n) is 9.24. The molecule has 0 radical (unpaired) electrons. The lowest BCUT2D eigenvalue weighted by molar-refractivity contribution is 0.0706. The van der Waals surface area contributed by atoms with Crippen molar-refractivity contribution in [2.45, 2.75) is 18.8 Å². The molecule has 0 saturated carbocycles. The van der Waals surface area contributed by atoms with Crippen molar-refractivity contribution in [3.8, 4) is 11.4 Å². The largest absolute Gasteiger partial charge is 0.338 e. The van der Waals surface area contributed by atoms with Crippen molar-refractivity contribution >= 4 is 17.5 Å². The van der Waals surface area contributed by atoms with Gasteiger partial charge in [-0.3, -0.25) is 4.79 Å². The molecule has 28 heavy (non-hydrogen) atoms. The zero-order valence-electron chi connectivity index (χ0n) is 15.2. The molecule has 1 aliphatic rings. The summed E-state index contributed by atoms with van der Waals surface area (Å²) >= 11 is 6.02. The first-order valence-corrected chi connectivity index (χ1v) is 9.62. The van der Waals surface area contributed by atoms with E-state index in [1.165, 1.54) is 12.1 Å². The van der Waals surface area contributed by atoms with E-state index in [0.717, 1.165) is 18.5 Å². The van der Waals surface area contributed by atoms with Crippen LogP contribution in [-0.4, -0.2) is 33.9 Å². The molecule has 0 unspecified atom stereocenters. The van der Waals surface area contributed by atoms with Crippen LogP contribution in [0.15, 0.2) is 60.8 Å². The van der Waals surface area contributed by atoms with E-state index in [2.05, 4.69) is 9.97 Å². The Morgan fingerprint density at radius 1 is 1.14 bits per heavy atom. The molecule has 1 aromatic heterocycles. The molecule has 1 amide bonds. The van der Waals surface area contributed by atoms with Crippen LogP contribution in [0.3, 0.4) is 0 Å². The topological polar surface area (TPSA) is 46.1 Å². The van der Waals surface area contributed by atoms with Crippen LogP contribution in [0, 0.1) is 5.82 Å². The van der Waals surface area contributed by atoms with Crippen LogP contribution < -0.4 is 0 Å². The highest BCUT2D eigenvalue weighted by molar-refractivity contribution is 6.30. The van der Waals surface area contributed by atoms with E-state index < -0.39 is 0 Å². The van der Waals surface area contributed by atoms with E-state index in [9.17, 15) is 9.18 Å². The summed E-state index contributed by atoms with van der Waals surface area (Å²) in [4.78, 5) is 23.6. The highest BCUT2D eigenvalue weighted by atomic mass is 35.5. The molecule has 4 rings (SSSR count). The summed E-state index contributed by atoms with van der Waals surface area (Å²) in [5.41, 5.74) is 2.11. The Morgan fingerprint density at radius 2 is 2.00 bits per heavy atom. The van der Waals surface area contributed by atoms with Crippen molar-refractivity contribution in [3.05, 3.63) is 82.9 Å². The van der Waals surface area contributed by atoms with Gasteiger partial charge < -0.3 is 4.90 Å². The maximum absolute atomic E-state index is 13.5. The van der Waals surface area contributed by atoms with E-state index in [4.69, 9.17) is 11.6 Å². The van der Waals surface area contributed by atoms with Gasteiger partial charge in [0.2, 0.25) is 0 Å². The van der Waals surface area contributed by atoms with E-state index in [0.29, 0.717) is 35.1 Å². The summed E-state index contributed by atoms with van der Waals surface area (Å²) in [6.45, 7) is 1.30. The molecule has 142 valence electrons. The van der Waals surface area contributed by atoms with Crippen molar-refractivity contribution in [1.82, 2.24) is 14.9 Å². The molecular weight excluding hydrogens is 377 g/mol. The summed E-state index contributed by atoms with van der Waals surface area (Å²) in [6.07, 6.45) is 3.54. The lowest BCUT2D eigenvalue weighted by atomic mass is 9.94. The predicted molar refractivity (Wildman–Crippen MR) is 107 cm³/mol. The number of hydrogen-bond acceptors (Lipinski definition) is 3. The third kappa shape index (κ3) is 4.04. The number of halogens is 2. The second-order valence-corrected chi connectivity index (χ2v) is 7.35. The summed E-state index contributed by atoms with van der Waals surface area (Å²) in [6, 6.07) is 15.2. The van der Waals surface area contributed by atoms with Crippen LogP contribution in [0.5, 0.6) is 0 Å². The maximum atomic E-state index is 13.5. The molecule has 1 saturated heterocycles. The molecular formula is C22H19ClFN3O. The Labute approximate surface area is 168 Å². The molecule has 0 bridgehead atoms. The molecule has 2 heterocycles. The number of piperidine rings is 1. The van der Waals surface area contributed by atoms with Gasteiger partial charge in [0.25, 0.3) is 5.91 Å². The van der Waals surface area contributed by atoms with Crippen molar-refractivity contribution in [2.24, 2.45) is 0 Å². The average Bonchev–Trinajstić information content (AvgIpc) is 2.73. The van der Waals surface area contributed by atoms with Gasteiger partial charge >= 0.3 is 0 Å². The molecule has 1 aliphatic heterocycles. The Bertz CT molecular complexity index is 1010. The van der Waals surface area contributed by atoms with Gasteiger partial charge in [-0.05, 0) is 49.2 Å². The third-order valence-electron chi connectivity index (χ3n) is 4.96. The zero-order valence-corrected chi connectivity index (χ0v) is 15.9. The lowest BCUT2D eigenvalue weighted by Crippen LogP contribution is -2.39. The van der Waals surface area contributed by atoms with Crippen molar-refractivity contribution in [1.29, 1.82) is 0 Å². The predicted octanol–water partition coefficient (Wildman–Crippen LogP) is 4.96. The minimum Gasteiger partial charge on any atom is -0.338 e. The van der Waals surface area contributed by atoms with Gasteiger partial charge in [0, 0.05) is 47.0 Å². The summed E-state index contributed by atoms with van der Waals surface area (Å²) in [7, 11) is 0. The smallest absolute Gasteiger partial charge is 0.253 e. The zero-order chi connectivity index (χ0) is 19.5. The van der Waals surface area contributed by atoms with Gasteiger partial charge in [-0.25, -0.2) is 14.4 Å². The molecule has 1 atom stereocenters. The number of hydrogen-bond donors (Lipinski definition) is 0. The fourth-order valence-electron chi connectivity index (χ4n) is 3.57. The fourth-order valence-corrected chi connectivity index (χ4v) is 3.76. The Kier molecular flexibility index (Phi) is 5.35. The highest BCUT2D eigenvalue weighted by Crippen LogP contribution is 2.28. The summed E-state index contributed by atoms with van der Waals surface area (Å²) < 4.78 is 13.5. The fraction of sp³-hybridized carbons (Fsp3) is 0.227. The minimum absolute atomic E-state index is 0.0217. The quantitative estimate of drug-likeness (QED) is 0.630. The van der Waals surface area contributed by atoms with Crippen LogP contribution in [0.4, 0.5) is 4.39 Å². The number of nitrogens with zero attached hydrogens (tertiary/aromatic N) is 3. The number of carbonyl (C=O) groups is 1. The molecule has 2 aromatic carbocycles. The SMILES string of the molecule is O=C(c1cccc(Cl)c1)N1CCC[C@H](c2ccnc(-c3cccc(F)c3)n2)C1. The Balaban J connectivity index is 1.55. The molecule has 0 aliphatic carbocycles. The minimum atomic E-state index is -0.317. The van der Waals surface area contributed by atoms with Crippen molar-refractivity contribution in [3.63, 3.8) is 0 Å². The summed E-state index contributed by atoms with van der Waals surface area (Å²) in [5, 5.41) is 0.551. The highest BCUT2D eigenvalue weighted by Gasteiger charge is 2.26. The standard InChI is InChI=1S/C22H19ClFN3O/c23-18-7-1-5-16(12-18)22(28)27-11-3-6-17(14-27)20-9-10-25-21(26-20)15-4-2-8-19(24)13-15/h1-2,4-5,7-10,12-13,17H,3,6,11,14H2/t17-/m0/s1. The van der Waals surface area contributed by atoms with Crippen LogP contribution >= 0.6 is 11.6 Å². The number of carbonyl (C=O) groups excluding carboxylic acids is 1. The van der Waals surface area contributed by atoms with Crippen LogP contribution in [0.1, 0.15) is 34.8 Å². The normalized spacial score (nSPS) is 16.8. The second kappa shape index (κ2) is 8.07. The monoisotopic (exact) mass is 395 g/mol. The number of benzene rings is 2. The molecule has 4 nitrogen and oxygen atoms in total. The maximum Gasteiger partial charge on any atom is 0.253 e. The first kappa shape index (κ1) is 18.6. The average molecular weight is 396 g/mol. The van der Waals surface area contributed by atoms with Gasteiger partial charge in [-0.2, -0.15) is 0 Å². The van der Waals surface area contributed by atoms with Gasteiger partial charge in [0.05, 0.1) is 0 Å². The van der Waals surface area contributed by atoms with Crippen LogP contribution in [-0.2, 0) is 0 Å². The van der Waals surface area contributed by atoms with Crippen molar-refractivity contribution in [2.75, 3.05) is 13.1 Å². The van der Waals surface area contributed by atoms with Gasteiger partial charge in [-0.15, -0.1) is 0 Å². The molecule has 6 heteroatoms. The van der Waals surface area contributed by atoms with Crippen molar-refractivity contribution < 1.29 is 9.18 Å². The number of aromatic nitrogens is 2. The van der Waals surface area contributed by atoms with Gasteiger partial charge in [-0.1, -0.05) is 29.8 Å². The summed E-state index contributed by atoms with van der Waals surface area (Å²) in [5.74, 6) is 0.275. The van der Waals surface area contributed by atoms with E-state index in [1.54, 1.807) is 42.6 Å². The van der Waals surface area contributed by atoms with E-state index in [-0.39, 0.29) is 17.6 Å². The van der Waals surface area contributed by atoms with Gasteiger partial charge in [0.15, 0.2) is 5.82 Å². The number of amides is 1. The molecule has 0 N–H and O–H groups in total. The van der Waals surface area contributed by atoms with E-state index in [1.807, 2.05) is 11.0 Å². The van der Waals surface area contributed by atoms with E-state index >= 15 is 0 Å². The molecule has 1 fully saturated rings. The number of likely N-dealkylation sites (tertiary alicyclic amines) is 1. The number of rotatable bonds is 3. The molecule has 3 aromatic rings. The van der Waals surface area contributed by atoms with Crippen LogP contribution in [0.25, 0.3) is 11.4 Å². The second-order valence-electron chi connectivity index (χ2n) is 6.92. The first-order chi connectivity index (χ1) is 13.6. The molecule has 0 spiro atoms. The lowest BCUT2D eigenvalue weighted by Gasteiger charge is -2.32. The van der Waals surface area contributed by atoms with Crippen LogP contribution in [0.2, 0.25) is 5.02 Å². The Morgan fingerprint density at radius 3 is 2.82 bits per heavy atom. The Hall–Kier alpha value is -2.79. The third-order valence-corrected chi connectivity index (χ3v) is 5.19.